The second-order valence-electron chi connectivity index (χ2n) is 6.75. The molecule has 1 saturated heterocycles. The minimum atomic E-state index is -0.192. The molecular formula is C21H28FN5. The largest absolute Gasteiger partial charge is 0.370 e. The van der Waals surface area contributed by atoms with Crippen LogP contribution < -0.4 is 16.0 Å². The number of piperazine rings is 1. The third kappa shape index (κ3) is 5.69. The molecule has 144 valence electrons. The number of nitrogens with two attached hydrogens (primary N) is 1. The summed E-state index contributed by atoms with van der Waals surface area (Å²) in [5, 5.41) is 3.16. The van der Waals surface area contributed by atoms with Gasteiger partial charge in [-0.2, -0.15) is 0 Å². The summed E-state index contributed by atoms with van der Waals surface area (Å²) < 4.78 is 13.0. The van der Waals surface area contributed by atoms with Crippen LogP contribution in [0.25, 0.3) is 0 Å². The Labute approximate surface area is 160 Å². The highest BCUT2D eigenvalue weighted by Crippen LogP contribution is 2.16. The maximum absolute atomic E-state index is 13.0. The predicted octanol–water partition coefficient (Wildman–Crippen LogP) is 2.94. The van der Waals surface area contributed by atoms with Crippen molar-refractivity contribution < 1.29 is 4.39 Å². The van der Waals surface area contributed by atoms with E-state index in [1.807, 2.05) is 24.3 Å². The van der Waals surface area contributed by atoms with Gasteiger partial charge >= 0.3 is 0 Å². The monoisotopic (exact) mass is 369 g/mol. The van der Waals surface area contributed by atoms with Gasteiger partial charge in [0.1, 0.15) is 5.82 Å². The fraction of sp³-hybridized carbons (Fsp3) is 0.381. The molecule has 0 unspecified atom stereocenters. The van der Waals surface area contributed by atoms with Crippen LogP contribution in [0.2, 0.25) is 0 Å². The molecule has 0 spiro atoms. The Balaban J connectivity index is 1.41. The molecular weight excluding hydrogens is 341 g/mol. The van der Waals surface area contributed by atoms with E-state index in [2.05, 4.69) is 39.2 Å². The Kier molecular flexibility index (Phi) is 6.65. The average molecular weight is 369 g/mol. The first-order valence-corrected chi connectivity index (χ1v) is 9.53. The van der Waals surface area contributed by atoms with Crippen LogP contribution in [0.5, 0.6) is 0 Å². The first-order valence-electron chi connectivity index (χ1n) is 9.53. The van der Waals surface area contributed by atoms with Crippen molar-refractivity contribution in [2.75, 3.05) is 49.5 Å². The lowest BCUT2D eigenvalue weighted by molar-refractivity contribution is 0.265. The second-order valence-corrected chi connectivity index (χ2v) is 6.75. The van der Waals surface area contributed by atoms with Crippen LogP contribution in [0, 0.1) is 5.82 Å². The van der Waals surface area contributed by atoms with Crippen molar-refractivity contribution in [2.24, 2.45) is 10.7 Å². The lowest BCUT2D eigenvalue weighted by Gasteiger charge is -2.35. The molecule has 0 aliphatic carbocycles. The number of rotatable bonds is 6. The van der Waals surface area contributed by atoms with Gasteiger partial charge in [-0.15, -0.1) is 0 Å². The van der Waals surface area contributed by atoms with Crippen LogP contribution >= 0.6 is 0 Å². The Morgan fingerprint density at radius 3 is 2.56 bits per heavy atom. The molecule has 0 aromatic heterocycles. The Morgan fingerprint density at radius 2 is 1.85 bits per heavy atom. The summed E-state index contributed by atoms with van der Waals surface area (Å²) in [7, 11) is 0. The molecule has 0 amide bonds. The second kappa shape index (κ2) is 9.37. The van der Waals surface area contributed by atoms with Gasteiger partial charge < -0.3 is 16.0 Å². The van der Waals surface area contributed by atoms with Gasteiger partial charge in [0.25, 0.3) is 0 Å². The molecule has 0 bridgehead atoms. The third-order valence-electron chi connectivity index (χ3n) is 4.87. The molecule has 3 rings (SSSR count). The maximum Gasteiger partial charge on any atom is 0.193 e. The minimum Gasteiger partial charge on any atom is -0.370 e. The molecule has 0 atom stereocenters. The molecule has 1 fully saturated rings. The smallest absolute Gasteiger partial charge is 0.193 e. The Bertz CT molecular complexity index is 751. The van der Waals surface area contributed by atoms with Crippen LogP contribution in [0.4, 0.5) is 15.8 Å². The van der Waals surface area contributed by atoms with Gasteiger partial charge in [0.2, 0.25) is 0 Å². The number of nitrogens with zero attached hydrogens (tertiary/aromatic N) is 3. The Hall–Kier alpha value is -2.60. The van der Waals surface area contributed by atoms with Crippen LogP contribution in [-0.2, 0) is 6.42 Å². The number of hydrogen-bond donors (Lipinski definition) is 2. The fourth-order valence-corrected chi connectivity index (χ4v) is 3.25. The topological polar surface area (TPSA) is 56.9 Å². The van der Waals surface area contributed by atoms with Gasteiger partial charge in [-0.25, -0.2) is 4.39 Å². The summed E-state index contributed by atoms with van der Waals surface area (Å²) in [6, 6.07) is 14.9. The summed E-state index contributed by atoms with van der Waals surface area (Å²) in [5.41, 5.74) is 9.33. The SMILES string of the molecule is CCc1cccc(NC(N)=NCCN2CCN(c3ccc(F)cc3)CC2)c1. The van der Waals surface area contributed by atoms with E-state index in [1.54, 1.807) is 0 Å². The zero-order valence-corrected chi connectivity index (χ0v) is 15.9. The molecule has 1 heterocycles. The molecule has 3 N–H and O–H groups in total. The van der Waals surface area contributed by atoms with Crippen molar-refractivity contribution in [3.05, 3.63) is 59.9 Å². The molecule has 1 aliphatic heterocycles. The van der Waals surface area contributed by atoms with E-state index in [9.17, 15) is 4.39 Å². The highest BCUT2D eigenvalue weighted by Gasteiger charge is 2.16. The highest BCUT2D eigenvalue weighted by atomic mass is 19.1. The van der Waals surface area contributed by atoms with Crippen LogP contribution in [0.1, 0.15) is 12.5 Å². The van der Waals surface area contributed by atoms with Crippen molar-refractivity contribution in [1.29, 1.82) is 0 Å². The quantitative estimate of drug-likeness (QED) is 0.607. The molecule has 1 aliphatic rings. The fourth-order valence-electron chi connectivity index (χ4n) is 3.25. The maximum atomic E-state index is 13.0. The van der Waals surface area contributed by atoms with Gasteiger partial charge in [0, 0.05) is 44.1 Å². The molecule has 2 aromatic carbocycles. The average Bonchev–Trinajstić information content (AvgIpc) is 2.69. The van der Waals surface area contributed by atoms with Gasteiger partial charge in [0.05, 0.1) is 6.54 Å². The van der Waals surface area contributed by atoms with E-state index < -0.39 is 0 Å². The van der Waals surface area contributed by atoms with E-state index in [0.29, 0.717) is 12.5 Å². The first-order chi connectivity index (χ1) is 13.1. The van der Waals surface area contributed by atoms with Gasteiger partial charge in [-0.1, -0.05) is 19.1 Å². The number of benzene rings is 2. The van der Waals surface area contributed by atoms with Gasteiger partial charge in [-0.3, -0.25) is 9.89 Å². The summed E-state index contributed by atoms with van der Waals surface area (Å²) in [4.78, 5) is 9.11. The minimum absolute atomic E-state index is 0.192. The van der Waals surface area contributed by atoms with E-state index >= 15 is 0 Å². The van der Waals surface area contributed by atoms with Crippen molar-refractivity contribution >= 4 is 17.3 Å². The summed E-state index contributed by atoms with van der Waals surface area (Å²) in [6.45, 7) is 7.50. The van der Waals surface area contributed by atoms with Crippen LogP contribution in [0.3, 0.4) is 0 Å². The molecule has 2 aromatic rings. The zero-order chi connectivity index (χ0) is 19.1. The number of anilines is 2. The summed E-state index contributed by atoms with van der Waals surface area (Å²) in [6.07, 6.45) is 0.996. The summed E-state index contributed by atoms with van der Waals surface area (Å²) in [5.74, 6) is 0.260. The number of aliphatic imine (C=N–C) groups is 1. The Morgan fingerprint density at radius 1 is 1.11 bits per heavy atom. The number of aryl methyl sites for hydroxylation is 1. The number of guanidine groups is 1. The highest BCUT2D eigenvalue weighted by molar-refractivity contribution is 5.92. The molecule has 27 heavy (non-hydrogen) atoms. The van der Waals surface area contributed by atoms with Crippen LogP contribution in [-0.4, -0.2) is 50.1 Å². The normalized spacial score (nSPS) is 15.8. The van der Waals surface area contributed by atoms with Crippen molar-refractivity contribution in [3.63, 3.8) is 0 Å². The molecule has 5 nitrogen and oxygen atoms in total. The zero-order valence-electron chi connectivity index (χ0n) is 15.9. The van der Waals surface area contributed by atoms with E-state index in [-0.39, 0.29) is 5.82 Å². The predicted molar refractivity (Wildman–Crippen MR) is 111 cm³/mol. The molecule has 0 saturated carbocycles. The molecule has 6 heteroatoms. The third-order valence-corrected chi connectivity index (χ3v) is 4.87. The lowest BCUT2D eigenvalue weighted by atomic mass is 10.1. The number of nitrogens with one attached hydrogen (secondary N) is 1. The van der Waals surface area contributed by atoms with Gasteiger partial charge in [0.15, 0.2) is 5.96 Å². The van der Waals surface area contributed by atoms with E-state index in [1.165, 1.54) is 17.7 Å². The van der Waals surface area contributed by atoms with Crippen molar-refractivity contribution in [2.45, 2.75) is 13.3 Å². The number of halogens is 1. The lowest BCUT2D eigenvalue weighted by Crippen LogP contribution is -2.47. The van der Waals surface area contributed by atoms with Gasteiger partial charge in [-0.05, 0) is 48.4 Å². The van der Waals surface area contributed by atoms with Crippen LogP contribution in [0.15, 0.2) is 53.5 Å². The van der Waals surface area contributed by atoms with Crippen molar-refractivity contribution in [3.8, 4) is 0 Å². The molecule has 0 radical (unpaired) electrons. The van der Waals surface area contributed by atoms with E-state index in [4.69, 9.17) is 5.73 Å². The standard InChI is InChI=1S/C21H28FN5/c1-2-17-4-3-5-19(16-17)25-21(23)24-10-11-26-12-14-27(15-13-26)20-8-6-18(22)7-9-20/h3-9,16H,2,10-15H2,1H3,(H3,23,24,25). The number of hydrogen-bond acceptors (Lipinski definition) is 3. The van der Waals surface area contributed by atoms with E-state index in [0.717, 1.165) is 50.5 Å². The van der Waals surface area contributed by atoms with Crippen molar-refractivity contribution in [1.82, 2.24) is 4.90 Å². The first kappa shape index (κ1) is 19.2. The summed E-state index contributed by atoms with van der Waals surface area (Å²) >= 11 is 0.